The molecule has 0 aliphatic heterocycles. The fraction of sp³-hybridized carbons (Fsp3) is 0.455. The van der Waals surface area contributed by atoms with Crippen LogP contribution in [0.15, 0.2) is 18.2 Å². The van der Waals surface area contributed by atoms with Crippen molar-refractivity contribution in [1.29, 1.82) is 0 Å². The third-order valence-electron chi connectivity index (χ3n) is 2.02. The lowest BCUT2D eigenvalue weighted by Crippen LogP contribution is -2.24. The molecule has 1 rings (SSSR count). The molecule has 0 amide bonds. The standard InChI is InChI=1S/C11H14BrClFN/c1-8(12)6-15(2)7-9-3-4-10(13)5-11(9)14/h3-5,8H,6-7H2,1-2H3. The molecule has 0 aliphatic rings. The minimum Gasteiger partial charge on any atom is -0.301 e. The van der Waals surface area contributed by atoms with Crippen LogP contribution in [0.1, 0.15) is 12.5 Å². The van der Waals surface area contributed by atoms with Crippen LogP contribution in [-0.4, -0.2) is 23.3 Å². The highest BCUT2D eigenvalue weighted by Crippen LogP contribution is 2.16. The molecule has 1 unspecified atom stereocenters. The zero-order valence-corrected chi connectivity index (χ0v) is 11.1. The molecular formula is C11H14BrClFN. The first-order valence-corrected chi connectivity index (χ1v) is 6.05. The first kappa shape index (κ1) is 12.9. The van der Waals surface area contributed by atoms with E-state index in [1.165, 1.54) is 6.07 Å². The number of nitrogens with zero attached hydrogens (tertiary/aromatic N) is 1. The van der Waals surface area contributed by atoms with E-state index in [0.29, 0.717) is 22.0 Å². The Bertz CT molecular complexity index is 330. The quantitative estimate of drug-likeness (QED) is 0.766. The van der Waals surface area contributed by atoms with E-state index in [1.807, 2.05) is 7.05 Å². The van der Waals surface area contributed by atoms with Crippen molar-refractivity contribution < 1.29 is 4.39 Å². The van der Waals surface area contributed by atoms with Crippen molar-refractivity contribution in [1.82, 2.24) is 4.90 Å². The Labute approximate surface area is 103 Å². The van der Waals surface area contributed by atoms with Gasteiger partial charge in [0, 0.05) is 28.5 Å². The van der Waals surface area contributed by atoms with Crippen LogP contribution in [-0.2, 0) is 6.54 Å². The lowest BCUT2D eigenvalue weighted by atomic mass is 10.2. The molecule has 0 N–H and O–H groups in total. The highest BCUT2D eigenvalue weighted by Gasteiger charge is 2.07. The fourth-order valence-electron chi connectivity index (χ4n) is 1.43. The van der Waals surface area contributed by atoms with Gasteiger partial charge in [-0.1, -0.05) is 40.5 Å². The molecule has 15 heavy (non-hydrogen) atoms. The van der Waals surface area contributed by atoms with Crippen LogP contribution >= 0.6 is 27.5 Å². The number of alkyl halides is 1. The molecule has 0 saturated carbocycles. The van der Waals surface area contributed by atoms with Gasteiger partial charge in [-0.15, -0.1) is 0 Å². The van der Waals surface area contributed by atoms with Gasteiger partial charge in [-0.2, -0.15) is 0 Å². The summed E-state index contributed by atoms with van der Waals surface area (Å²) < 4.78 is 13.4. The Hall–Kier alpha value is -0.120. The van der Waals surface area contributed by atoms with Crippen molar-refractivity contribution in [2.75, 3.05) is 13.6 Å². The number of benzene rings is 1. The summed E-state index contributed by atoms with van der Waals surface area (Å²) in [6.45, 7) is 3.54. The average Bonchev–Trinajstić information content (AvgIpc) is 2.08. The topological polar surface area (TPSA) is 3.24 Å². The van der Waals surface area contributed by atoms with Crippen molar-refractivity contribution in [3.8, 4) is 0 Å². The third-order valence-corrected chi connectivity index (χ3v) is 2.54. The van der Waals surface area contributed by atoms with Crippen molar-refractivity contribution in [3.63, 3.8) is 0 Å². The van der Waals surface area contributed by atoms with Gasteiger partial charge in [-0.3, -0.25) is 0 Å². The van der Waals surface area contributed by atoms with Gasteiger partial charge in [-0.05, 0) is 19.2 Å². The predicted octanol–water partition coefficient (Wildman–Crippen LogP) is 3.69. The second-order valence-corrected chi connectivity index (χ2v) is 5.71. The Morgan fingerprint density at radius 1 is 1.53 bits per heavy atom. The zero-order valence-electron chi connectivity index (χ0n) is 8.80. The summed E-state index contributed by atoms with van der Waals surface area (Å²) in [5, 5.41) is 0.438. The van der Waals surface area contributed by atoms with Crippen molar-refractivity contribution in [3.05, 3.63) is 34.6 Å². The molecule has 1 aromatic rings. The van der Waals surface area contributed by atoms with E-state index in [2.05, 4.69) is 27.8 Å². The van der Waals surface area contributed by atoms with Crippen molar-refractivity contribution in [2.24, 2.45) is 0 Å². The number of halogens is 3. The molecule has 1 aromatic carbocycles. The average molecular weight is 295 g/mol. The number of rotatable bonds is 4. The molecular weight excluding hydrogens is 280 g/mol. The Morgan fingerprint density at radius 3 is 2.73 bits per heavy atom. The summed E-state index contributed by atoms with van der Waals surface area (Å²) in [4.78, 5) is 2.46. The van der Waals surface area contributed by atoms with Crippen LogP contribution in [0.3, 0.4) is 0 Å². The van der Waals surface area contributed by atoms with E-state index in [9.17, 15) is 4.39 Å². The van der Waals surface area contributed by atoms with Gasteiger partial charge in [0.25, 0.3) is 0 Å². The Kier molecular flexibility index (Phi) is 5.03. The Balaban J connectivity index is 2.64. The van der Waals surface area contributed by atoms with E-state index >= 15 is 0 Å². The zero-order chi connectivity index (χ0) is 11.4. The first-order chi connectivity index (χ1) is 6.99. The number of hydrogen-bond acceptors (Lipinski definition) is 1. The minimum absolute atomic E-state index is 0.239. The van der Waals surface area contributed by atoms with E-state index in [1.54, 1.807) is 12.1 Å². The van der Waals surface area contributed by atoms with Gasteiger partial charge in [0.15, 0.2) is 0 Å². The van der Waals surface area contributed by atoms with Gasteiger partial charge in [0.2, 0.25) is 0 Å². The summed E-state index contributed by atoms with van der Waals surface area (Å²) in [5.41, 5.74) is 0.676. The van der Waals surface area contributed by atoms with E-state index in [-0.39, 0.29) is 5.82 Å². The van der Waals surface area contributed by atoms with E-state index in [0.717, 1.165) is 6.54 Å². The highest BCUT2D eigenvalue weighted by molar-refractivity contribution is 9.09. The van der Waals surface area contributed by atoms with Gasteiger partial charge < -0.3 is 4.90 Å². The maximum atomic E-state index is 13.4. The van der Waals surface area contributed by atoms with Gasteiger partial charge in [0.1, 0.15) is 5.82 Å². The van der Waals surface area contributed by atoms with Crippen LogP contribution in [0.5, 0.6) is 0 Å². The monoisotopic (exact) mass is 293 g/mol. The lowest BCUT2D eigenvalue weighted by Gasteiger charge is -2.18. The summed E-state index contributed by atoms with van der Waals surface area (Å²) in [6, 6.07) is 4.79. The first-order valence-electron chi connectivity index (χ1n) is 4.75. The molecule has 1 atom stereocenters. The highest BCUT2D eigenvalue weighted by atomic mass is 79.9. The molecule has 0 bridgehead atoms. The van der Waals surface area contributed by atoms with E-state index < -0.39 is 0 Å². The normalized spacial score (nSPS) is 13.2. The van der Waals surface area contributed by atoms with Crippen LogP contribution < -0.4 is 0 Å². The summed E-state index contributed by atoms with van der Waals surface area (Å²) in [7, 11) is 1.96. The van der Waals surface area contributed by atoms with Crippen LogP contribution in [0, 0.1) is 5.82 Å². The Morgan fingerprint density at radius 2 is 2.20 bits per heavy atom. The van der Waals surface area contributed by atoms with Gasteiger partial charge >= 0.3 is 0 Å². The molecule has 0 heterocycles. The summed E-state index contributed by atoms with van der Waals surface area (Å²) >= 11 is 9.14. The summed E-state index contributed by atoms with van der Waals surface area (Å²) in [5.74, 6) is -0.239. The molecule has 4 heteroatoms. The second kappa shape index (κ2) is 5.83. The van der Waals surface area contributed by atoms with Gasteiger partial charge in [-0.25, -0.2) is 4.39 Å². The molecule has 0 aliphatic carbocycles. The van der Waals surface area contributed by atoms with Gasteiger partial charge in [0.05, 0.1) is 0 Å². The third kappa shape index (κ3) is 4.49. The van der Waals surface area contributed by atoms with Crippen molar-refractivity contribution >= 4 is 27.5 Å². The molecule has 84 valence electrons. The SMILES string of the molecule is CC(Br)CN(C)Cc1ccc(Cl)cc1F. The molecule has 0 radical (unpaired) electrons. The maximum Gasteiger partial charge on any atom is 0.129 e. The molecule has 0 aromatic heterocycles. The van der Waals surface area contributed by atoms with Crippen LogP contribution in [0.2, 0.25) is 5.02 Å². The molecule has 1 nitrogen and oxygen atoms in total. The van der Waals surface area contributed by atoms with Crippen molar-refractivity contribution in [2.45, 2.75) is 18.3 Å². The lowest BCUT2D eigenvalue weighted by molar-refractivity contribution is 0.327. The fourth-order valence-corrected chi connectivity index (χ4v) is 2.09. The van der Waals surface area contributed by atoms with Crippen LogP contribution in [0.4, 0.5) is 4.39 Å². The second-order valence-electron chi connectivity index (χ2n) is 3.71. The maximum absolute atomic E-state index is 13.4. The smallest absolute Gasteiger partial charge is 0.129 e. The molecule has 0 fully saturated rings. The molecule has 0 spiro atoms. The molecule has 0 saturated heterocycles. The number of hydrogen-bond donors (Lipinski definition) is 0. The largest absolute Gasteiger partial charge is 0.301 e. The minimum atomic E-state index is -0.239. The predicted molar refractivity (Wildman–Crippen MR) is 66.1 cm³/mol. The van der Waals surface area contributed by atoms with Crippen LogP contribution in [0.25, 0.3) is 0 Å². The summed E-state index contributed by atoms with van der Waals surface area (Å²) in [6.07, 6.45) is 0. The van der Waals surface area contributed by atoms with E-state index in [4.69, 9.17) is 11.6 Å².